The average molecular weight is 501 g/mol. The van der Waals surface area contributed by atoms with Crippen LogP contribution in [-0.2, 0) is 10.0 Å². The van der Waals surface area contributed by atoms with Gasteiger partial charge in [0.15, 0.2) is 5.78 Å². The van der Waals surface area contributed by atoms with E-state index >= 15 is 0 Å². The first-order chi connectivity index (χ1) is 15.1. The number of piperidine rings is 1. The molecule has 0 radical (unpaired) electrons. The summed E-state index contributed by atoms with van der Waals surface area (Å²) in [5.74, 6) is 0.534. The van der Waals surface area contributed by atoms with Crippen LogP contribution in [0, 0.1) is 0 Å². The molecule has 1 saturated heterocycles. The van der Waals surface area contributed by atoms with Crippen LogP contribution in [-0.4, -0.2) is 62.6 Å². The fourth-order valence-electron chi connectivity index (χ4n) is 3.47. The van der Waals surface area contributed by atoms with Gasteiger partial charge in [-0.05, 0) is 44.0 Å². The average Bonchev–Trinajstić information content (AvgIpc) is 2.76. The topological polar surface area (TPSA) is 95.9 Å². The number of likely N-dealkylation sites (tertiary alicyclic amines) is 1. The molecule has 7 nitrogen and oxygen atoms in total. The number of nitrogens with one attached hydrogen (secondary N) is 1. The van der Waals surface area contributed by atoms with E-state index < -0.39 is 16.1 Å². The van der Waals surface area contributed by atoms with E-state index in [1.165, 1.54) is 31.2 Å². The summed E-state index contributed by atoms with van der Waals surface area (Å²) in [6.07, 6.45) is 0.744. The summed E-state index contributed by atoms with van der Waals surface area (Å²) in [5.41, 5.74) is 0.440. The number of ether oxygens (including phenoxy) is 1. The summed E-state index contributed by atoms with van der Waals surface area (Å²) in [6, 6.07) is 10.9. The molecule has 0 bridgehead atoms. The third-order valence-corrected chi connectivity index (χ3v) is 7.46. The molecule has 1 aliphatic heterocycles. The molecule has 10 heteroatoms. The minimum absolute atomic E-state index is 0.0390. The zero-order valence-corrected chi connectivity index (χ0v) is 20.0. The number of carbonyl (C=O) groups excluding carboxylic acids is 1. The second-order valence-corrected chi connectivity index (χ2v) is 10.4. The van der Waals surface area contributed by atoms with E-state index in [4.69, 9.17) is 27.9 Å². The Balaban J connectivity index is 1.43. The highest BCUT2D eigenvalue weighted by Gasteiger charge is 2.23. The summed E-state index contributed by atoms with van der Waals surface area (Å²) in [7, 11) is -3.77. The number of carbonyl (C=O) groups is 1. The molecule has 2 N–H and O–H groups in total. The van der Waals surface area contributed by atoms with Crippen molar-refractivity contribution in [1.29, 1.82) is 0 Å². The van der Waals surface area contributed by atoms with E-state index in [9.17, 15) is 18.3 Å². The second kappa shape index (κ2) is 11.0. The lowest BCUT2D eigenvalue weighted by Gasteiger charge is -2.33. The van der Waals surface area contributed by atoms with Crippen molar-refractivity contribution in [2.45, 2.75) is 36.9 Å². The highest BCUT2D eigenvalue weighted by Crippen LogP contribution is 2.28. The first kappa shape index (κ1) is 25.0. The van der Waals surface area contributed by atoms with Crippen LogP contribution in [0.1, 0.15) is 30.1 Å². The van der Waals surface area contributed by atoms with E-state index in [1.54, 1.807) is 18.2 Å². The number of hydrogen-bond donors (Lipinski definition) is 2. The van der Waals surface area contributed by atoms with Gasteiger partial charge in [0.05, 0.1) is 21.0 Å². The van der Waals surface area contributed by atoms with Crippen LogP contribution in [0.4, 0.5) is 0 Å². The predicted octanol–water partition coefficient (Wildman–Crippen LogP) is 3.38. The fraction of sp³-hybridized carbons (Fsp3) is 0.409. The molecular weight excluding hydrogens is 475 g/mol. The number of aliphatic hydroxyl groups is 1. The molecule has 3 rings (SSSR count). The lowest BCUT2D eigenvalue weighted by Crippen LogP contribution is -2.45. The number of Topliss-reactive ketones (excluding diaryl/α,β-unsaturated/α-hetero) is 1. The lowest BCUT2D eigenvalue weighted by atomic mass is 10.1. The molecule has 0 aliphatic carbocycles. The molecule has 1 aliphatic rings. The maximum Gasteiger partial charge on any atom is 0.240 e. The van der Waals surface area contributed by atoms with Gasteiger partial charge in [0.1, 0.15) is 11.9 Å². The largest absolute Gasteiger partial charge is 0.490 e. The second-order valence-electron chi connectivity index (χ2n) is 7.78. The number of benzene rings is 2. The molecule has 1 atom stereocenters. The van der Waals surface area contributed by atoms with Gasteiger partial charge in [0.25, 0.3) is 0 Å². The normalized spacial score (nSPS) is 16.6. The maximum absolute atomic E-state index is 12.4. The predicted molar refractivity (Wildman–Crippen MR) is 124 cm³/mol. The standard InChI is InChI=1S/C22H26Cl2N2O5S/c1-15(27)16-2-5-20(6-3-16)32(29,30)25-13-17(28)14-26-10-8-18(9-11-26)31-19-4-7-21(23)22(24)12-19/h2-7,12,17-18,25,28H,8-11,13-14H2,1H3/t17-/m0/s1. The number of ketones is 1. The van der Waals surface area contributed by atoms with Crippen LogP contribution in [0.25, 0.3) is 0 Å². The molecule has 0 aromatic heterocycles. The van der Waals surface area contributed by atoms with Crippen LogP contribution in [0.3, 0.4) is 0 Å². The molecule has 32 heavy (non-hydrogen) atoms. The smallest absolute Gasteiger partial charge is 0.240 e. The molecule has 0 amide bonds. The van der Waals surface area contributed by atoms with E-state index in [1.807, 2.05) is 0 Å². The van der Waals surface area contributed by atoms with Crippen molar-refractivity contribution in [2.75, 3.05) is 26.2 Å². The van der Waals surface area contributed by atoms with Crippen molar-refractivity contribution in [3.8, 4) is 5.75 Å². The third kappa shape index (κ3) is 6.91. The first-order valence-corrected chi connectivity index (χ1v) is 12.5. The highest BCUT2D eigenvalue weighted by atomic mass is 35.5. The summed E-state index contributed by atoms with van der Waals surface area (Å²) in [5, 5.41) is 11.2. The maximum atomic E-state index is 12.4. The van der Waals surface area contributed by atoms with E-state index in [2.05, 4.69) is 9.62 Å². The van der Waals surface area contributed by atoms with Gasteiger partial charge in [-0.25, -0.2) is 13.1 Å². The molecule has 1 fully saturated rings. The molecule has 1 heterocycles. The number of sulfonamides is 1. The molecule has 2 aromatic rings. The lowest BCUT2D eigenvalue weighted by molar-refractivity contribution is 0.0630. The van der Waals surface area contributed by atoms with Gasteiger partial charge in [-0.3, -0.25) is 4.79 Å². The SMILES string of the molecule is CC(=O)c1ccc(S(=O)(=O)NC[C@H](O)CN2CCC(Oc3ccc(Cl)c(Cl)c3)CC2)cc1. The van der Waals surface area contributed by atoms with Crippen LogP contribution in [0.5, 0.6) is 5.75 Å². The first-order valence-electron chi connectivity index (χ1n) is 10.3. The monoisotopic (exact) mass is 500 g/mol. The number of hydrogen-bond acceptors (Lipinski definition) is 6. The Bertz CT molecular complexity index is 1040. The minimum atomic E-state index is -3.77. The zero-order valence-electron chi connectivity index (χ0n) is 17.6. The number of nitrogens with zero attached hydrogens (tertiary/aromatic N) is 1. The fourth-order valence-corrected chi connectivity index (χ4v) is 4.83. The Morgan fingerprint density at radius 2 is 1.81 bits per heavy atom. The number of rotatable bonds is 9. The summed E-state index contributed by atoms with van der Waals surface area (Å²) in [4.78, 5) is 13.5. The summed E-state index contributed by atoms with van der Waals surface area (Å²) in [6.45, 7) is 3.12. The Kier molecular flexibility index (Phi) is 8.55. The van der Waals surface area contributed by atoms with Crippen molar-refractivity contribution < 1.29 is 23.1 Å². The van der Waals surface area contributed by atoms with Gasteiger partial charge < -0.3 is 14.7 Å². The van der Waals surface area contributed by atoms with E-state index in [0.29, 0.717) is 27.9 Å². The summed E-state index contributed by atoms with van der Waals surface area (Å²) < 4.78 is 33.2. The van der Waals surface area contributed by atoms with Crippen molar-refractivity contribution in [2.24, 2.45) is 0 Å². The van der Waals surface area contributed by atoms with Gasteiger partial charge in [-0.2, -0.15) is 0 Å². The Labute approximate surface area is 198 Å². The van der Waals surface area contributed by atoms with Crippen LogP contribution in [0.15, 0.2) is 47.4 Å². The van der Waals surface area contributed by atoms with Gasteiger partial charge >= 0.3 is 0 Å². The van der Waals surface area contributed by atoms with Gasteiger partial charge in [0.2, 0.25) is 10.0 Å². The van der Waals surface area contributed by atoms with Crippen LogP contribution < -0.4 is 9.46 Å². The van der Waals surface area contributed by atoms with Gasteiger partial charge in [0, 0.05) is 37.8 Å². The molecule has 2 aromatic carbocycles. The molecule has 0 unspecified atom stereocenters. The molecule has 0 spiro atoms. The van der Waals surface area contributed by atoms with E-state index in [0.717, 1.165) is 25.9 Å². The Hall–Kier alpha value is -1.68. The Morgan fingerprint density at radius 1 is 1.16 bits per heavy atom. The number of β-amino-alcohol motifs (C(OH)–C–C–N with tert-alkyl or cyclic N) is 1. The third-order valence-electron chi connectivity index (χ3n) is 5.28. The van der Waals surface area contributed by atoms with Crippen molar-refractivity contribution in [3.05, 3.63) is 58.1 Å². The highest BCUT2D eigenvalue weighted by molar-refractivity contribution is 7.89. The van der Waals surface area contributed by atoms with Crippen LogP contribution in [0.2, 0.25) is 10.0 Å². The minimum Gasteiger partial charge on any atom is -0.490 e. The van der Waals surface area contributed by atoms with Crippen LogP contribution >= 0.6 is 23.2 Å². The van der Waals surface area contributed by atoms with Gasteiger partial charge in [-0.1, -0.05) is 35.3 Å². The van der Waals surface area contributed by atoms with Crippen molar-refractivity contribution in [3.63, 3.8) is 0 Å². The molecule has 0 saturated carbocycles. The Morgan fingerprint density at radius 3 is 2.41 bits per heavy atom. The van der Waals surface area contributed by atoms with Crippen molar-refractivity contribution >= 4 is 39.0 Å². The molecule has 174 valence electrons. The quantitative estimate of drug-likeness (QED) is 0.512. The van der Waals surface area contributed by atoms with E-state index in [-0.39, 0.29) is 23.3 Å². The van der Waals surface area contributed by atoms with Gasteiger partial charge in [-0.15, -0.1) is 0 Å². The zero-order chi connectivity index (χ0) is 23.3. The molecular formula is C22H26Cl2N2O5S. The summed E-state index contributed by atoms with van der Waals surface area (Å²) >= 11 is 11.9. The number of halogens is 2. The number of aliphatic hydroxyl groups excluding tert-OH is 1. The van der Waals surface area contributed by atoms with Crippen molar-refractivity contribution in [1.82, 2.24) is 9.62 Å².